The van der Waals surface area contributed by atoms with Crippen LogP contribution in [0, 0.1) is 26.1 Å². The van der Waals surface area contributed by atoms with Crippen LogP contribution in [0.5, 0.6) is 0 Å². The Labute approximate surface area is 154 Å². The Morgan fingerprint density at radius 1 is 1.19 bits per heavy atom. The summed E-state index contributed by atoms with van der Waals surface area (Å²) in [4.78, 5) is 47.8. The van der Waals surface area contributed by atoms with Gasteiger partial charge in [0.05, 0.1) is 0 Å². The number of nitrogens with one attached hydrogen (secondary N) is 1. The van der Waals surface area contributed by atoms with E-state index in [2.05, 4.69) is 0 Å². The molecule has 9 heteroatoms. The van der Waals surface area contributed by atoms with Crippen molar-refractivity contribution in [1.82, 2.24) is 0 Å². The summed E-state index contributed by atoms with van der Waals surface area (Å²) in [6, 6.07) is 9.13. The molecule has 1 heterocycles. The summed E-state index contributed by atoms with van der Waals surface area (Å²) < 4.78 is 0. The summed E-state index contributed by atoms with van der Waals surface area (Å²) in [7, 11) is 0. The highest BCUT2D eigenvalue weighted by atomic mass is 16.6. The molecule has 1 unspecified atom stereocenters. The van der Waals surface area contributed by atoms with E-state index in [-0.39, 0.29) is 19.5 Å². The minimum absolute atomic E-state index is 0.0216. The van der Waals surface area contributed by atoms with Gasteiger partial charge in [0.15, 0.2) is 13.1 Å². The molecule has 142 valence electrons. The van der Waals surface area contributed by atoms with Gasteiger partial charge in [-0.25, -0.2) is 0 Å². The van der Waals surface area contributed by atoms with E-state index in [1.165, 1.54) is 6.92 Å². The minimum atomic E-state index is -2.17. The number of nitro groups is 2. The lowest BCUT2D eigenvalue weighted by atomic mass is 9.61. The molecule has 4 atom stereocenters. The quantitative estimate of drug-likeness (QED) is 0.545. The molecule has 1 aliphatic heterocycles. The molecule has 0 aromatic heterocycles. The summed E-state index contributed by atoms with van der Waals surface area (Å²) in [6.07, 6.45) is 1.74. The number of carbonyl (C=O) groups is 2. The van der Waals surface area contributed by atoms with Gasteiger partial charge in [0, 0.05) is 27.9 Å². The monoisotopic (exact) mass is 374 g/mol. The highest BCUT2D eigenvalue weighted by Crippen LogP contribution is 2.42. The second kappa shape index (κ2) is 6.66. The molecule has 1 N–H and O–H groups in total. The van der Waals surface area contributed by atoms with Crippen LogP contribution in [0.25, 0.3) is 0 Å². The summed E-state index contributed by atoms with van der Waals surface area (Å²) >= 11 is 0. The molecule has 0 spiro atoms. The molecule has 1 aromatic rings. The second-order valence-electron chi connectivity index (χ2n) is 7.35. The van der Waals surface area contributed by atoms with Gasteiger partial charge in [-0.2, -0.15) is 0 Å². The summed E-state index contributed by atoms with van der Waals surface area (Å²) in [5.74, 6) is -2.49. The zero-order chi connectivity index (χ0) is 19.8. The molecule has 0 saturated carbocycles. The van der Waals surface area contributed by atoms with Gasteiger partial charge >= 0.3 is 5.54 Å². The highest BCUT2D eigenvalue weighted by molar-refractivity contribution is 5.99. The van der Waals surface area contributed by atoms with Crippen molar-refractivity contribution >= 4 is 11.6 Å². The predicted octanol–water partition coefficient (Wildman–Crippen LogP) is -0.150. The number of hydrogen-bond acceptors (Lipinski definition) is 6. The van der Waals surface area contributed by atoms with E-state index >= 15 is 0 Å². The number of Topliss-reactive ketones (excluding diaryl/α,β-unsaturated/α-hetero) is 1. The number of carbonyl (C=O) groups excluding carboxylic acids is 2. The Balaban J connectivity index is 2.11. The Morgan fingerprint density at radius 3 is 2.41 bits per heavy atom. The van der Waals surface area contributed by atoms with E-state index < -0.39 is 38.4 Å². The van der Waals surface area contributed by atoms with Gasteiger partial charge in [0.2, 0.25) is 5.78 Å². The number of likely N-dealkylation sites (tertiary alicyclic amines) is 1. The lowest BCUT2D eigenvalue weighted by molar-refractivity contribution is -0.955. The van der Waals surface area contributed by atoms with Gasteiger partial charge in [-0.1, -0.05) is 30.3 Å². The molecule has 27 heavy (non-hydrogen) atoms. The van der Waals surface area contributed by atoms with Crippen molar-refractivity contribution in [3.8, 4) is 0 Å². The third-order valence-corrected chi connectivity index (χ3v) is 5.64. The van der Waals surface area contributed by atoms with Crippen LogP contribution >= 0.6 is 0 Å². The van der Waals surface area contributed by atoms with E-state index in [1.54, 1.807) is 0 Å². The molecule has 1 saturated heterocycles. The molecule has 3 rings (SSSR count). The average Bonchev–Trinajstić information content (AvgIpc) is 2.59. The number of piperidine rings is 1. The molecule has 2 bridgehead atoms. The minimum Gasteiger partial charge on any atom is -0.319 e. The zero-order valence-corrected chi connectivity index (χ0v) is 14.8. The van der Waals surface area contributed by atoms with Gasteiger partial charge in [0.25, 0.3) is 5.54 Å². The normalized spacial score (nSPS) is 32.1. The predicted molar refractivity (Wildman–Crippen MR) is 93.2 cm³/mol. The molecule has 0 radical (unpaired) electrons. The van der Waals surface area contributed by atoms with Crippen LogP contribution in [0.2, 0.25) is 0 Å². The number of rotatable bonds is 6. The van der Waals surface area contributed by atoms with Gasteiger partial charge in [-0.05, 0) is 13.0 Å². The number of fused-ring (bicyclic) bond motifs is 2. The lowest BCUT2D eigenvalue weighted by Gasteiger charge is -2.45. The van der Waals surface area contributed by atoms with Crippen molar-refractivity contribution in [3.05, 3.63) is 68.3 Å². The highest BCUT2D eigenvalue weighted by Gasteiger charge is 2.76. The maximum Gasteiger partial charge on any atom is 0.340 e. The maximum atomic E-state index is 12.6. The molecule has 1 aliphatic carbocycles. The van der Waals surface area contributed by atoms with E-state index in [0.29, 0.717) is 11.4 Å². The van der Waals surface area contributed by atoms with Crippen molar-refractivity contribution in [2.45, 2.75) is 31.0 Å². The Morgan fingerprint density at radius 2 is 1.85 bits per heavy atom. The van der Waals surface area contributed by atoms with E-state index in [1.807, 2.05) is 30.3 Å². The SMILES string of the molecule is CC(=O)C[C@H]1[C@]2([N+](=O)[O-])C=CC(=O)[C@@]1([N+](=O)[O-])C[NH+](Cc1ccccc1)C2. The first-order valence-electron chi connectivity index (χ1n) is 8.62. The molecular formula is C18H20N3O6+. The van der Waals surface area contributed by atoms with Crippen LogP contribution in [0.1, 0.15) is 18.9 Å². The van der Waals surface area contributed by atoms with E-state index in [4.69, 9.17) is 0 Å². The van der Waals surface area contributed by atoms with Crippen molar-refractivity contribution in [2.75, 3.05) is 13.1 Å². The number of nitrogens with zero attached hydrogens (tertiary/aromatic N) is 2. The summed E-state index contributed by atoms with van der Waals surface area (Å²) in [5, 5.41) is 24.1. The van der Waals surface area contributed by atoms with Crippen LogP contribution in [-0.4, -0.2) is 45.6 Å². The second-order valence-corrected chi connectivity index (χ2v) is 7.35. The largest absolute Gasteiger partial charge is 0.340 e. The molecule has 1 fully saturated rings. The maximum absolute atomic E-state index is 12.6. The fourth-order valence-corrected chi connectivity index (χ4v) is 4.48. The number of hydrogen-bond donors (Lipinski definition) is 1. The first kappa shape index (κ1) is 18.8. The zero-order valence-electron chi connectivity index (χ0n) is 14.8. The smallest absolute Gasteiger partial charge is 0.319 e. The number of quaternary nitrogens is 1. The van der Waals surface area contributed by atoms with Crippen LogP contribution in [-0.2, 0) is 16.1 Å². The standard InChI is InChI=1S/C18H19N3O6/c1-13(22)9-15-17(20(24)25)8-7-16(23)18(15,21(26)27)12-19(11-17)10-14-5-3-2-4-6-14/h2-8,15H,9-12H2,1H3/p+1/t15-,17-,18+/m0/s1. The number of benzene rings is 1. The van der Waals surface area contributed by atoms with E-state index in [9.17, 15) is 29.8 Å². The molecule has 0 amide bonds. The lowest BCUT2D eigenvalue weighted by Crippen LogP contribution is -3.18. The van der Waals surface area contributed by atoms with Crippen LogP contribution in [0.15, 0.2) is 42.5 Å². The molecule has 1 aromatic carbocycles. The van der Waals surface area contributed by atoms with Crippen LogP contribution in [0.3, 0.4) is 0 Å². The topological polar surface area (TPSA) is 125 Å². The van der Waals surface area contributed by atoms with Gasteiger partial charge in [-0.3, -0.25) is 25.0 Å². The van der Waals surface area contributed by atoms with Gasteiger partial charge in [-0.15, -0.1) is 0 Å². The fraction of sp³-hybridized carbons (Fsp3) is 0.444. The van der Waals surface area contributed by atoms with Gasteiger partial charge in [0.1, 0.15) is 18.2 Å². The van der Waals surface area contributed by atoms with Crippen LogP contribution < -0.4 is 4.90 Å². The first-order valence-corrected chi connectivity index (χ1v) is 8.62. The average molecular weight is 374 g/mol. The molecule has 2 aliphatic rings. The Hall–Kier alpha value is -2.94. The Bertz CT molecular complexity index is 839. The van der Waals surface area contributed by atoms with Crippen molar-refractivity contribution in [3.63, 3.8) is 0 Å². The van der Waals surface area contributed by atoms with Crippen molar-refractivity contribution < 1.29 is 24.3 Å². The first-order chi connectivity index (χ1) is 12.7. The van der Waals surface area contributed by atoms with Gasteiger partial charge < -0.3 is 9.69 Å². The molecular weight excluding hydrogens is 354 g/mol. The Kier molecular flexibility index (Phi) is 4.64. The van der Waals surface area contributed by atoms with Crippen LogP contribution in [0.4, 0.5) is 0 Å². The number of ketones is 2. The molecule has 9 nitrogen and oxygen atoms in total. The fourth-order valence-electron chi connectivity index (χ4n) is 4.48. The summed E-state index contributed by atoms with van der Waals surface area (Å²) in [6.45, 7) is 1.34. The van der Waals surface area contributed by atoms with E-state index in [0.717, 1.165) is 17.7 Å². The van der Waals surface area contributed by atoms with Crippen molar-refractivity contribution in [2.24, 2.45) is 5.92 Å². The van der Waals surface area contributed by atoms with Crippen molar-refractivity contribution in [1.29, 1.82) is 0 Å². The summed E-state index contributed by atoms with van der Waals surface area (Å²) in [5.41, 5.74) is -3.13. The third-order valence-electron chi connectivity index (χ3n) is 5.64. The third kappa shape index (κ3) is 2.93.